The highest BCUT2D eigenvalue weighted by Gasteiger charge is 2.46. The highest BCUT2D eigenvalue weighted by Crippen LogP contribution is 2.31. The van der Waals surface area contributed by atoms with Crippen molar-refractivity contribution in [1.82, 2.24) is 14.1 Å². The lowest BCUT2D eigenvalue weighted by atomic mass is 10.1. The predicted molar refractivity (Wildman–Crippen MR) is 141 cm³/mol. The molecule has 1 aliphatic carbocycles. The molecule has 1 aliphatic heterocycles. The summed E-state index contributed by atoms with van der Waals surface area (Å²) in [5.74, 6) is -1.44. The first-order valence-electron chi connectivity index (χ1n) is 12.5. The van der Waals surface area contributed by atoms with Crippen LogP contribution >= 0.6 is 11.6 Å². The van der Waals surface area contributed by atoms with Crippen LogP contribution in [0.2, 0.25) is 5.02 Å². The summed E-state index contributed by atoms with van der Waals surface area (Å²) in [5.41, 5.74) is 5.33. The van der Waals surface area contributed by atoms with Gasteiger partial charge in [-0.3, -0.25) is 14.4 Å². The first-order valence-corrected chi connectivity index (χ1v) is 14.3. The van der Waals surface area contributed by atoms with Crippen LogP contribution in [0.15, 0.2) is 41.3 Å². The maximum absolute atomic E-state index is 13.8. The van der Waals surface area contributed by atoms with Crippen LogP contribution < -0.4 is 5.73 Å². The molecule has 4 rings (SSSR count). The molecule has 10 nitrogen and oxygen atoms in total. The number of fused-ring (bicyclic) bond motifs is 1. The number of halogens is 1. The molecule has 1 saturated carbocycles. The number of primary amides is 1. The molecule has 1 heterocycles. The smallest absolute Gasteiger partial charge is 0.245 e. The Kier molecular flexibility index (Phi) is 8.25. The molecule has 12 heteroatoms. The van der Waals surface area contributed by atoms with E-state index >= 15 is 0 Å². The molecule has 2 aromatic rings. The van der Waals surface area contributed by atoms with Crippen molar-refractivity contribution in [2.24, 2.45) is 5.73 Å². The van der Waals surface area contributed by atoms with Gasteiger partial charge in [0, 0.05) is 37.1 Å². The van der Waals surface area contributed by atoms with Gasteiger partial charge in [0.1, 0.15) is 12.1 Å². The molecular formula is C26H30ClN5O5S. The molecule has 2 atom stereocenters. The van der Waals surface area contributed by atoms with Crippen LogP contribution in [-0.2, 0) is 24.4 Å². The Morgan fingerprint density at radius 1 is 1.16 bits per heavy atom. The minimum absolute atomic E-state index is 0.0245. The molecular weight excluding hydrogens is 530 g/mol. The fourth-order valence-corrected chi connectivity index (χ4v) is 6.72. The number of rotatable bonds is 11. The first kappa shape index (κ1) is 27.8. The third-order valence-electron chi connectivity index (χ3n) is 7.08. The maximum atomic E-state index is 13.8. The lowest BCUT2D eigenvalue weighted by Gasteiger charge is -2.31. The van der Waals surface area contributed by atoms with Gasteiger partial charge in [0.15, 0.2) is 0 Å². The summed E-state index contributed by atoms with van der Waals surface area (Å²) in [5, 5.41) is 10.9. The van der Waals surface area contributed by atoms with Crippen LogP contribution in [0, 0.1) is 11.3 Å². The van der Waals surface area contributed by atoms with E-state index in [0.717, 1.165) is 22.5 Å². The average Bonchev–Trinajstić information content (AvgIpc) is 3.65. The number of benzene rings is 2. The quantitative estimate of drug-likeness (QED) is 0.447. The summed E-state index contributed by atoms with van der Waals surface area (Å²) < 4.78 is 28.6. The molecule has 0 spiro atoms. The van der Waals surface area contributed by atoms with E-state index in [1.165, 1.54) is 17.0 Å². The summed E-state index contributed by atoms with van der Waals surface area (Å²) in [7, 11) is -4.20. The second kappa shape index (κ2) is 11.3. The summed E-state index contributed by atoms with van der Waals surface area (Å²) in [4.78, 5) is 41.4. The SMILES string of the molecule is C[C@@H](C(=O)N(CCC#N)C1CC1)N1CC[C@H](N(CCC(N)=O)S(=O)(=O)c2ccc3cc(Cl)ccc3c2)C1=O. The Morgan fingerprint density at radius 2 is 1.84 bits per heavy atom. The fourth-order valence-electron chi connectivity index (χ4n) is 4.90. The summed E-state index contributed by atoms with van der Waals surface area (Å²) in [6.07, 6.45) is 1.82. The highest BCUT2D eigenvalue weighted by atomic mass is 35.5. The fraction of sp³-hybridized carbons (Fsp3) is 0.462. The molecule has 0 unspecified atom stereocenters. The zero-order valence-corrected chi connectivity index (χ0v) is 22.6. The standard InChI is InChI=1S/C26H30ClN5O5S/c1-17(25(34)31(12-2-11-28)21-6-7-21)30-13-9-23(26(30)35)32(14-10-24(29)33)38(36,37)22-8-4-18-15-20(27)5-3-19(18)16-22/h3-5,8,15-17,21,23H,2,6-7,9-10,12-14H2,1H3,(H2,29,33)/t17-,23-/m0/s1. The molecule has 0 bridgehead atoms. The summed E-state index contributed by atoms with van der Waals surface area (Å²) in [6, 6.07) is 9.90. The Balaban J connectivity index is 1.60. The third-order valence-corrected chi connectivity index (χ3v) is 9.22. The molecule has 202 valence electrons. The molecule has 2 aromatic carbocycles. The number of amides is 3. The van der Waals surface area contributed by atoms with E-state index in [0.29, 0.717) is 17.0 Å². The van der Waals surface area contributed by atoms with Gasteiger partial charge in [-0.25, -0.2) is 8.42 Å². The number of carbonyl (C=O) groups excluding carboxylic acids is 3. The van der Waals surface area contributed by atoms with Gasteiger partial charge in [0.2, 0.25) is 27.7 Å². The number of nitrogens with two attached hydrogens (primary N) is 1. The largest absolute Gasteiger partial charge is 0.370 e. The van der Waals surface area contributed by atoms with Gasteiger partial charge in [0.05, 0.1) is 17.4 Å². The van der Waals surface area contributed by atoms with E-state index in [2.05, 4.69) is 6.07 Å². The monoisotopic (exact) mass is 559 g/mol. The van der Waals surface area contributed by atoms with Gasteiger partial charge in [-0.2, -0.15) is 9.57 Å². The number of nitriles is 1. The Bertz CT molecular complexity index is 1400. The van der Waals surface area contributed by atoms with Gasteiger partial charge < -0.3 is 15.5 Å². The van der Waals surface area contributed by atoms with Crippen molar-refractivity contribution in [3.05, 3.63) is 41.4 Å². The molecule has 1 saturated heterocycles. The van der Waals surface area contributed by atoms with Gasteiger partial charge in [0.25, 0.3) is 0 Å². The molecule has 0 aromatic heterocycles. The van der Waals surface area contributed by atoms with E-state index in [4.69, 9.17) is 22.6 Å². The molecule has 2 fully saturated rings. The van der Waals surface area contributed by atoms with Crippen LogP contribution in [0.3, 0.4) is 0 Å². The minimum atomic E-state index is -4.20. The Morgan fingerprint density at radius 3 is 2.50 bits per heavy atom. The molecule has 2 aliphatic rings. The first-order chi connectivity index (χ1) is 18.0. The molecule has 38 heavy (non-hydrogen) atoms. The lowest BCUT2D eigenvalue weighted by Crippen LogP contribution is -2.52. The van der Waals surface area contributed by atoms with Gasteiger partial charge >= 0.3 is 0 Å². The van der Waals surface area contributed by atoms with E-state index in [-0.39, 0.29) is 49.2 Å². The Labute approximate surface area is 227 Å². The van der Waals surface area contributed by atoms with Crippen molar-refractivity contribution >= 4 is 50.1 Å². The minimum Gasteiger partial charge on any atom is -0.370 e. The van der Waals surface area contributed by atoms with Crippen molar-refractivity contribution in [3.8, 4) is 6.07 Å². The number of nitrogens with zero attached hydrogens (tertiary/aromatic N) is 4. The van der Waals surface area contributed by atoms with E-state index in [1.54, 1.807) is 36.1 Å². The third kappa shape index (κ3) is 5.77. The molecule has 2 N–H and O–H groups in total. The number of hydrogen-bond donors (Lipinski definition) is 1. The van der Waals surface area contributed by atoms with Crippen molar-refractivity contribution in [3.63, 3.8) is 0 Å². The van der Waals surface area contributed by atoms with Crippen LogP contribution in [-0.4, -0.2) is 78.0 Å². The average molecular weight is 560 g/mol. The van der Waals surface area contributed by atoms with E-state index in [1.807, 2.05) is 0 Å². The van der Waals surface area contributed by atoms with Crippen LogP contribution in [0.5, 0.6) is 0 Å². The number of hydrogen-bond acceptors (Lipinski definition) is 6. The summed E-state index contributed by atoms with van der Waals surface area (Å²) >= 11 is 6.04. The lowest BCUT2D eigenvalue weighted by molar-refractivity contribution is -0.144. The van der Waals surface area contributed by atoms with E-state index in [9.17, 15) is 22.8 Å². The zero-order chi connectivity index (χ0) is 27.6. The molecule has 3 amide bonds. The van der Waals surface area contributed by atoms with Crippen molar-refractivity contribution < 1.29 is 22.8 Å². The van der Waals surface area contributed by atoms with Gasteiger partial charge in [-0.15, -0.1) is 0 Å². The summed E-state index contributed by atoms with van der Waals surface area (Å²) in [6.45, 7) is 1.84. The normalized spacial score (nSPS) is 18.5. The number of carbonyl (C=O) groups is 3. The topological polar surface area (TPSA) is 145 Å². The highest BCUT2D eigenvalue weighted by molar-refractivity contribution is 7.89. The van der Waals surface area contributed by atoms with Crippen molar-refractivity contribution in [1.29, 1.82) is 5.26 Å². The zero-order valence-electron chi connectivity index (χ0n) is 21.0. The van der Waals surface area contributed by atoms with Crippen molar-refractivity contribution in [2.75, 3.05) is 19.6 Å². The number of likely N-dealkylation sites (tertiary alicyclic amines) is 1. The second-order valence-electron chi connectivity index (χ2n) is 9.67. The molecule has 0 radical (unpaired) electrons. The van der Waals surface area contributed by atoms with E-state index < -0.39 is 33.9 Å². The predicted octanol–water partition coefficient (Wildman–Crippen LogP) is 2.25. The van der Waals surface area contributed by atoms with Gasteiger partial charge in [-0.05, 0) is 61.2 Å². The Hall–Kier alpha value is -3.20. The maximum Gasteiger partial charge on any atom is 0.245 e. The second-order valence-corrected chi connectivity index (χ2v) is 12.0. The van der Waals surface area contributed by atoms with Crippen molar-refractivity contribution in [2.45, 2.75) is 62.0 Å². The van der Waals surface area contributed by atoms with Crippen LogP contribution in [0.1, 0.15) is 39.0 Å². The van der Waals surface area contributed by atoms with Crippen LogP contribution in [0.4, 0.5) is 0 Å². The van der Waals surface area contributed by atoms with Crippen LogP contribution in [0.25, 0.3) is 10.8 Å². The van der Waals surface area contributed by atoms with Gasteiger partial charge in [-0.1, -0.05) is 23.7 Å². The number of sulfonamides is 1.